The van der Waals surface area contributed by atoms with Gasteiger partial charge in [-0.25, -0.2) is 4.39 Å². The molecule has 0 fully saturated rings. The highest BCUT2D eigenvalue weighted by Crippen LogP contribution is 2.32. The zero-order chi connectivity index (χ0) is 11.4. The molecule has 0 aromatic heterocycles. The van der Waals surface area contributed by atoms with Gasteiger partial charge in [0.1, 0.15) is 6.67 Å². The molecule has 4 nitrogen and oxygen atoms in total. The minimum Gasteiger partial charge on any atom is -0.484 e. The van der Waals surface area contributed by atoms with Crippen LogP contribution in [0.3, 0.4) is 0 Å². The summed E-state index contributed by atoms with van der Waals surface area (Å²) in [6.45, 7) is 2.70. The van der Waals surface area contributed by atoms with Crippen LogP contribution in [0.5, 0.6) is 5.75 Å². The van der Waals surface area contributed by atoms with Crippen LogP contribution < -0.4 is 4.74 Å². The first kappa shape index (κ1) is 11.4. The molecule has 5 heteroatoms. The molecule has 0 heterocycles. The quantitative estimate of drug-likeness (QED) is 0.570. The number of nitrogens with zero attached hydrogens (tertiary/aromatic N) is 1. The van der Waals surface area contributed by atoms with Gasteiger partial charge in [0, 0.05) is 11.6 Å². The summed E-state index contributed by atoms with van der Waals surface area (Å²) >= 11 is 0. The van der Waals surface area contributed by atoms with Crippen molar-refractivity contribution in [2.24, 2.45) is 0 Å². The van der Waals surface area contributed by atoms with E-state index in [1.807, 2.05) is 0 Å². The summed E-state index contributed by atoms with van der Waals surface area (Å²) < 4.78 is 17.8. The first-order valence-corrected chi connectivity index (χ1v) is 4.55. The van der Waals surface area contributed by atoms with E-state index in [0.29, 0.717) is 0 Å². The van der Waals surface area contributed by atoms with Gasteiger partial charge in [-0.3, -0.25) is 10.1 Å². The van der Waals surface area contributed by atoms with Crippen LogP contribution in [0.25, 0.3) is 0 Å². The molecule has 0 aliphatic heterocycles. The second-order valence-corrected chi connectivity index (χ2v) is 3.32. The van der Waals surface area contributed by atoms with Crippen molar-refractivity contribution in [3.8, 4) is 5.75 Å². The van der Waals surface area contributed by atoms with Crippen LogP contribution in [0.15, 0.2) is 18.2 Å². The fourth-order valence-electron chi connectivity index (χ4n) is 1.19. The molecule has 0 atom stereocenters. The maximum Gasteiger partial charge on any atom is 0.311 e. The van der Waals surface area contributed by atoms with Crippen molar-refractivity contribution in [2.75, 3.05) is 0 Å². The van der Waals surface area contributed by atoms with E-state index in [0.717, 1.165) is 0 Å². The number of rotatable bonds is 4. The Kier molecular flexibility index (Phi) is 3.60. The van der Waals surface area contributed by atoms with Gasteiger partial charge in [-0.05, 0) is 13.8 Å². The van der Waals surface area contributed by atoms with Crippen molar-refractivity contribution in [1.29, 1.82) is 0 Å². The molecule has 1 aromatic rings. The third-order valence-electron chi connectivity index (χ3n) is 1.77. The molecule has 0 amide bonds. The van der Waals surface area contributed by atoms with Crippen LogP contribution in [-0.4, -0.2) is 11.0 Å². The Labute approximate surface area is 86.8 Å². The minimum atomic E-state index is -0.774. The van der Waals surface area contributed by atoms with Crippen LogP contribution in [0.4, 0.5) is 10.1 Å². The highest BCUT2D eigenvalue weighted by Gasteiger charge is 2.19. The van der Waals surface area contributed by atoms with Crippen LogP contribution in [0, 0.1) is 10.1 Å². The SMILES string of the molecule is CC(C)Oc1c(CF)cccc1[N+](=O)[O-]. The van der Waals surface area contributed by atoms with Gasteiger partial charge in [0.2, 0.25) is 5.75 Å². The highest BCUT2D eigenvalue weighted by atomic mass is 19.1. The lowest BCUT2D eigenvalue weighted by molar-refractivity contribution is -0.386. The monoisotopic (exact) mass is 213 g/mol. The van der Waals surface area contributed by atoms with Crippen molar-refractivity contribution in [3.05, 3.63) is 33.9 Å². The molecule has 0 spiro atoms. The molecule has 1 aromatic carbocycles. The van der Waals surface area contributed by atoms with Gasteiger partial charge in [0.05, 0.1) is 11.0 Å². The molecule has 82 valence electrons. The van der Waals surface area contributed by atoms with Gasteiger partial charge in [-0.1, -0.05) is 12.1 Å². The summed E-state index contributed by atoms with van der Waals surface area (Å²) in [6, 6.07) is 4.22. The van der Waals surface area contributed by atoms with E-state index in [9.17, 15) is 14.5 Å². The van der Waals surface area contributed by atoms with Crippen LogP contribution in [0.1, 0.15) is 19.4 Å². The molecule has 0 aliphatic rings. The number of ether oxygens (including phenoxy) is 1. The van der Waals surface area contributed by atoms with E-state index >= 15 is 0 Å². The summed E-state index contributed by atoms with van der Waals surface area (Å²) in [5.41, 5.74) is 0.0109. The summed E-state index contributed by atoms with van der Waals surface area (Å²) in [5.74, 6) is 0.0278. The van der Waals surface area contributed by atoms with Crippen molar-refractivity contribution >= 4 is 5.69 Å². The maximum atomic E-state index is 12.6. The summed E-state index contributed by atoms with van der Waals surface area (Å²) in [7, 11) is 0. The Bertz CT molecular complexity index is 366. The van der Waals surface area contributed by atoms with Crippen molar-refractivity contribution in [3.63, 3.8) is 0 Å². The predicted octanol–water partition coefficient (Wildman–Crippen LogP) is 2.85. The largest absolute Gasteiger partial charge is 0.484 e. The van der Waals surface area contributed by atoms with E-state index in [1.165, 1.54) is 18.2 Å². The number of nitro benzene ring substituents is 1. The molecule has 0 bridgehead atoms. The summed E-state index contributed by atoms with van der Waals surface area (Å²) in [6.07, 6.45) is -0.226. The number of hydrogen-bond acceptors (Lipinski definition) is 3. The van der Waals surface area contributed by atoms with Gasteiger partial charge in [-0.15, -0.1) is 0 Å². The molecule has 0 unspecified atom stereocenters. The number of halogens is 1. The summed E-state index contributed by atoms with van der Waals surface area (Å²) in [5, 5.41) is 10.7. The number of alkyl halides is 1. The van der Waals surface area contributed by atoms with E-state index in [4.69, 9.17) is 4.74 Å². The number of nitro groups is 1. The Morgan fingerprint density at radius 2 is 2.20 bits per heavy atom. The molecular weight excluding hydrogens is 201 g/mol. The lowest BCUT2D eigenvalue weighted by atomic mass is 10.2. The molecule has 15 heavy (non-hydrogen) atoms. The zero-order valence-electron chi connectivity index (χ0n) is 8.57. The lowest BCUT2D eigenvalue weighted by Gasteiger charge is -2.12. The van der Waals surface area contributed by atoms with Crippen LogP contribution in [-0.2, 0) is 6.67 Å². The Morgan fingerprint density at radius 1 is 1.53 bits per heavy atom. The molecule has 0 saturated carbocycles. The average molecular weight is 213 g/mol. The fourth-order valence-corrected chi connectivity index (χ4v) is 1.19. The molecule has 0 radical (unpaired) electrons. The van der Waals surface area contributed by atoms with E-state index in [-0.39, 0.29) is 23.1 Å². The van der Waals surface area contributed by atoms with Crippen molar-refractivity contribution in [2.45, 2.75) is 26.6 Å². The third-order valence-corrected chi connectivity index (χ3v) is 1.77. The first-order valence-electron chi connectivity index (χ1n) is 4.55. The zero-order valence-corrected chi connectivity index (χ0v) is 8.57. The minimum absolute atomic E-state index is 0.0278. The molecule has 1 rings (SSSR count). The normalized spacial score (nSPS) is 10.4. The number of hydrogen-bond donors (Lipinski definition) is 0. The second-order valence-electron chi connectivity index (χ2n) is 3.32. The Morgan fingerprint density at radius 3 is 2.67 bits per heavy atom. The van der Waals surface area contributed by atoms with Gasteiger partial charge in [0.25, 0.3) is 0 Å². The van der Waals surface area contributed by atoms with Gasteiger partial charge in [-0.2, -0.15) is 0 Å². The van der Waals surface area contributed by atoms with Gasteiger partial charge in [0.15, 0.2) is 0 Å². The average Bonchev–Trinajstić information content (AvgIpc) is 2.16. The molecule has 0 saturated heterocycles. The number of benzene rings is 1. The molecule has 0 aliphatic carbocycles. The molecular formula is C10H12FNO3. The smallest absolute Gasteiger partial charge is 0.311 e. The third kappa shape index (κ3) is 2.65. The second kappa shape index (κ2) is 4.72. The van der Waals surface area contributed by atoms with E-state index in [1.54, 1.807) is 13.8 Å². The topological polar surface area (TPSA) is 52.4 Å². The number of para-hydroxylation sites is 1. The Hall–Kier alpha value is -1.65. The van der Waals surface area contributed by atoms with Gasteiger partial charge >= 0.3 is 5.69 Å². The fraction of sp³-hybridized carbons (Fsp3) is 0.400. The van der Waals surface area contributed by atoms with E-state index in [2.05, 4.69) is 0 Å². The molecule has 0 N–H and O–H groups in total. The van der Waals surface area contributed by atoms with E-state index < -0.39 is 11.6 Å². The Balaban J connectivity index is 3.20. The predicted molar refractivity (Wildman–Crippen MR) is 53.7 cm³/mol. The van der Waals surface area contributed by atoms with Crippen molar-refractivity contribution < 1.29 is 14.1 Å². The van der Waals surface area contributed by atoms with Crippen molar-refractivity contribution in [1.82, 2.24) is 0 Å². The summed E-state index contributed by atoms with van der Waals surface area (Å²) in [4.78, 5) is 10.1. The van der Waals surface area contributed by atoms with Crippen LogP contribution in [0.2, 0.25) is 0 Å². The first-order chi connectivity index (χ1) is 7.06. The lowest BCUT2D eigenvalue weighted by Crippen LogP contribution is -2.09. The standard InChI is InChI=1S/C10H12FNO3/c1-7(2)15-10-8(6-11)4-3-5-9(10)12(13)14/h3-5,7H,6H2,1-2H3. The highest BCUT2D eigenvalue weighted by molar-refractivity contribution is 5.51. The maximum absolute atomic E-state index is 12.6. The van der Waals surface area contributed by atoms with Gasteiger partial charge < -0.3 is 4.74 Å². The van der Waals surface area contributed by atoms with Crippen LogP contribution >= 0.6 is 0 Å².